The van der Waals surface area contributed by atoms with E-state index in [1.807, 2.05) is 0 Å². The molecule has 3 N–H and O–H groups in total. The smallest absolute Gasteiger partial charge is 0.338 e. The van der Waals surface area contributed by atoms with Gasteiger partial charge in [0.1, 0.15) is 17.9 Å². The summed E-state index contributed by atoms with van der Waals surface area (Å²) in [7, 11) is 0. The van der Waals surface area contributed by atoms with Gasteiger partial charge in [0.2, 0.25) is 0 Å². The SMILES string of the molecule is CCOC(=O)C(O)C(O)c1c[nH]c2c(Cl)ncnc12. The zero-order valence-electron chi connectivity index (χ0n) is 10.00. The number of ether oxygens (including phenoxy) is 1. The fraction of sp³-hybridized carbons (Fsp3) is 0.364. The molecule has 19 heavy (non-hydrogen) atoms. The Hall–Kier alpha value is -1.70. The normalized spacial score (nSPS) is 14.3. The molecule has 8 heteroatoms. The van der Waals surface area contributed by atoms with Gasteiger partial charge in [-0.25, -0.2) is 14.8 Å². The fourth-order valence-corrected chi connectivity index (χ4v) is 1.87. The third-order valence-electron chi connectivity index (χ3n) is 2.59. The molecule has 0 amide bonds. The summed E-state index contributed by atoms with van der Waals surface area (Å²) in [5.41, 5.74) is 1.02. The Kier molecular flexibility index (Phi) is 3.98. The number of aliphatic hydroxyl groups is 2. The summed E-state index contributed by atoms with van der Waals surface area (Å²) < 4.78 is 4.64. The Morgan fingerprint density at radius 2 is 2.26 bits per heavy atom. The number of aromatic nitrogens is 3. The molecule has 0 aliphatic rings. The van der Waals surface area contributed by atoms with Crippen molar-refractivity contribution in [3.05, 3.63) is 23.2 Å². The van der Waals surface area contributed by atoms with Gasteiger partial charge < -0.3 is 19.9 Å². The van der Waals surface area contributed by atoms with E-state index in [0.29, 0.717) is 11.0 Å². The standard InChI is InChI=1S/C11H12ClN3O4/c1-2-19-11(18)9(17)8(16)5-3-13-7-6(5)14-4-15-10(7)12/h3-4,8-9,13,16-17H,2H2,1H3. The molecule has 0 saturated carbocycles. The minimum absolute atomic E-state index is 0.116. The minimum Gasteiger partial charge on any atom is -0.464 e. The number of halogens is 1. The van der Waals surface area contributed by atoms with Crippen LogP contribution in [-0.4, -0.2) is 43.8 Å². The zero-order valence-corrected chi connectivity index (χ0v) is 10.8. The van der Waals surface area contributed by atoms with Gasteiger partial charge in [0, 0.05) is 11.8 Å². The molecule has 2 aromatic heterocycles. The number of fused-ring (bicyclic) bond motifs is 1. The number of hydrogen-bond donors (Lipinski definition) is 3. The Morgan fingerprint density at radius 1 is 1.53 bits per heavy atom. The summed E-state index contributed by atoms with van der Waals surface area (Å²) in [6.07, 6.45) is -0.504. The predicted octanol–water partition coefficient (Wildman–Crippen LogP) is 0.569. The second kappa shape index (κ2) is 5.52. The molecule has 0 bridgehead atoms. The highest BCUT2D eigenvalue weighted by Crippen LogP contribution is 2.27. The number of carbonyl (C=O) groups is 1. The monoisotopic (exact) mass is 285 g/mol. The zero-order chi connectivity index (χ0) is 14.0. The molecular formula is C11H12ClN3O4. The Morgan fingerprint density at radius 3 is 2.95 bits per heavy atom. The topological polar surface area (TPSA) is 108 Å². The lowest BCUT2D eigenvalue weighted by Gasteiger charge is -2.15. The molecule has 0 aliphatic carbocycles. The van der Waals surface area contributed by atoms with E-state index in [4.69, 9.17) is 11.6 Å². The van der Waals surface area contributed by atoms with Gasteiger partial charge in [-0.2, -0.15) is 0 Å². The third-order valence-corrected chi connectivity index (χ3v) is 2.88. The van der Waals surface area contributed by atoms with Gasteiger partial charge in [-0.3, -0.25) is 0 Å². The number of esters is 1. The first-order valence-corrected chi connectivity index (χ1v) is 5.94. The first-order chi connectivity index (χ1) is 9.06. The van der Waals surface area contributed by atoms with Gasteiger partial charge in [0.05, 0.1) is 12.1 Å². The van der Waals surface area contributed by atoms with Crippen molar-refractivity contribution in [3.8, 4) is 0 Å². The van der Waals surface area contributed by atoms with Crippen LogP contribution in [0.2, 0.25) is 5.15 Å². The molecule has 2 atom stereocenters. The molecule has 2 heterocycles. The van der Waals surface area contributed by atoms with Gasteiger partial charge >= 0.3 is 5.97 Å². The van der Waals surface area contributed by atoms with Crippen molar-refractivity contribution in [1.82, 2.24) is 15.0 Å². The van der Waals surface area contributed by atoms with Crippen LogP contribution in [0.3, 0.4) is 0 Å². The summed E-state index contributed by atoms with van der Waals surface area (Å²) in [4.78, 5) is 21.9. The van der Waals surface area contributed by atoms with Crippen LogP contribution < -0.4 is 0 Å². The maximum absolute atomic E-state index is 11.4. The molecule has 0 fully saturated rings. The number of rotatable bonds is 4. The summed E-state index contributed by atoms with van der Waals surface area (Å²) in [6.45, 7) is 1.72. The highest BCUT2D eigenvalue weighted by Gasteiger charge is 2.29. The average Bonchev–Trinajstić information content (AvgIpc) is 2.82. The number of hydrogen-bond acceptors (Lipinski definition) is 6. The highest BCUT2D eigenvalue weighted by atomic mass is 35.5. The summed E-state index contributed by atoms with van der Waals surface area (Å²) >= 11 is 5.85. The van der Waals surface area contributed by atoms with E-state index < -0.39 is 18.2 Å². The second-order valence-electron chi connectivity index (χ2n) is 3.77. The van der Waals surface area contributed by atoms with Crippen molar-refractivity contribution >= 4 is 28.6 Å². The van der Waals surface area contributed by atoms with Crippen molar-refractivity contribution in [2.45, 2.75) is 19.1 Å². The molecular weight excluding hydrogens is 274 g/mol. The van der Waals surface area contributed by atoms with E-state index in [1.165, 1.54) is 12.5 Å². The number of carbonyl (C=O) groups excluding carboxylic acids is 1. The van der Waals surface area contributed by atoms with Crippen molar-refractivity contribution in [2.75, 3.05) is 6.61 Å². The molecule has 2 unspecified atom stereocenters. The van der Waals surface area contributed by atoms with Crippen LogP contribution in [0.4, 0.5) is 0 Å². The maximum atomic E-state index is 11.4. The lowest BCUT2D eigenvalue weighted by Crippen LogP contribution is -2.29. The lowest BCUT2D eigenvalue weighted by molar-refractivity contribution is -0.159. The van der Waals surface area contributed by atoms with Crippen LogP contribution in [0.5, 0.6) is 0 Å². The molecule has 0 radical (unpaired) electrons. The van der Waals surface area contributed by atoms with Crippen LogP contribution in [0, 0.1) is 0 Å². The molecule has 0 saturated heterocycles. The number of aliphatic hydroxyl groups excluding tert-OH is 2. The van der Waals surface area contributed by atoms with Crippen LogP contribution in [0.25, 0.3) is 11.0 Å². The molecule has 2 rings (SSSR count). The molecule has 0 aliphatic heterocycles. The molecule has 2 aromatic rings. The Labute approximate surface area is 113 Å². The quantitative estimate of drug-likeness (QED) is 0.560. The van der Waals surface area contributed by atoms with Gasteiger partial charge in [0.25, 0.3) is 0 Å². The van der Waals surface area contributed by atoms with Crippen LogP contribution in [0.15, 0.2) is 12.5 Å². The van der Waals surface area contributed by atoms with Crippen molar-refractivity contribution in [2.24, 2.45) is 0 Å². The Balaban J connectivity index is 2.34. The molecule has 102 valence electrons. The fourth-order valence-electron chi connectivity index (χ4n) is 1.68. The van der Waals surface area contributed by atoms with E-state index in [-0.39, 0.29) is 17.3 Å². The number of nitrogens with zero attached hydrogens (tertiary/aromatic N) is 2. The number of aromatic amines is 1. The maximum Gasteiger partial charge on any atom is 0.338 e. The number of H-pyrrole nitrogens is 1. The lowest BCUT2D eigenvalue weighted by atomic mass is 10.1. The molecule has 7 nitrogen and oxygen atoms in total. The van der Waals surface area contributed by atoms with Gasteiger partial charge in [0.15, 0.2) is 11.3 Å². The first kappa shape index (κ1) is 13.7. The van der Waals surface area contributed by atoms with E-state index >= 15 is 0 Å². The summed E-state index contributed by atoms with van der Waals surface area (Å²) in [5, 5.41) is 19.9. The molecule has 0 aromatic carbocycles. The summed E-state index contributed by atoms with van der Waals surface area (Å²) in [6, 6.07) is 0. The van der Waals surface area contributed by atoms with Crippen molar-refractivity contribution in [3.63, 3.8) is 0 Å². The Bertz CT molecular complexity index is 601. The average molecular weight is 286 g/mol. The van der Waals surface area contributed by atoms with E-state index in [2.05, 4.69) is 19.7 Å². The van der Waals surface area contributed by atoms with Crippen molar-refractivity contribution < 1.29 is 19.7 Å². The summed E-state index contributed by atoms with van der Waals surface area (Å²) in [5.74, 6) is -0.899. The van der Waals surface area contributed by atoms with Gasteiger partial charge in [-0.05, 0) is 6.92 Å². The third kappa shape index (κ3) is 2.53. The van der Waals surface area contributed by atoms with Crippen LogP contribution in [0.1, 0.15) is 18.6 Å². The van der Waals surface area contributed by atoms with E-state index in [9.17, 15) is 15.0 Å². The molecule has 0 spiro atoms. The van der Waals surface area contributed by atoms with Crippen LogP contribution >= 0.6 is 11.6 Å². The van der Waals surface area contributed by atoms with Gasteiger partial charge in [-0.15, -0.1) is 0 Å². The van der Waals surface area contributed by atoms with E-state index in [1.54, 1.807) is 6.92 Å². The minimum atomic E-state index is -1.69. The van der Waals surface area contributed by atoms with E-state index in [0.717, 1.165) is 0 Å². The first-order valence-electron chi connectivity index (χ1n) is 5.56. The number of nitrogens with one attached hydrogen (secondary N) is 1. The van der Waals surface area contributed by atoms with Crippen molar-refractivity contribution in [1.29, 1.82) is 0 Å². The van der Waals surface area contributed by atoms with Crippen LogP contribution in [-0.2, 0) is 9.53 Å². The highest BCUT2D eigenvalue weighted by molar-refractivity contribution is 6.33. The predicted molar refractivity (Wildman–Crippen MR) is 66.5 cm³/mol. The largest absolute Gasteiger partial charge is 0.464 e. The van der Waals surface area contributed by atoms with Gasteiger partial charge in [-0.1, -0.05) is 11.6 Å². The second-order valence-corrected chi connectivity index (χ2v) is 4.13.